The number of nitrogens with one attached hydrogen (secondary N) is 2. The molecule has 130 valence electrons. The zero-order valence-electron chi connectivity index (χ0n) is 13.9. The van der Waals surface area contributed by atoms with E-state index in [9.17, 15) is 0 Å². The molecule has 3 aromatic heterocycles. The van der Waals surface area contributed by atoms with Gasteiger partial charge in [0.2, 0.25) is 5.95 Å². The van der Waals surface area contributed by atoms with Crippen molar-refractivity contribution in [2.45, 2.75) is 6.42 Å². The minimum atomic E-state index is 0.557. The number of aromatic amines is 1. The number of nitrogens with zero attached hydrogens (tertiary/aromatic N) is 3. The average molecular weight is 363 g/mol. The minimum absolute atomic E-state index is 0.557. The molecule has 6 nitrogen and oxygen atoms in total. The minimum Gasteiger partial charge on any atom is -0.493 e. The molecule has 2 N–H and O–H groups in total. The highest BCUT2D eigenvalue weighted by molar-refractivity contribution is 7.13. The molecule has 1 aromatic carbocycles. The lowest BCUT2D eigenvalue weighted by molar-refractivity contribution is 0.319. The van der Waals surface area contributed by atoms with E-state index in [1.807, 2.05) is 54.0 Å². The first-order chi connectivity index (χ1) is 12.9. The molecule has 0 saturated carbocycles. The van der Waals surface area contributed by atoms with E-state index in [-0.39, 0.29) is 0 Å². The fourth-order valence-corrected chi connectivity index (χ4v) is 3.17. The summed E-state index contributed by atoms with van der Waals surface area (Å²) in [6.07, 6.45) is 6.04. The highest BCUT2D eigenvalue weighted by Crippen LogP contribution is 2.24. The summed E-state index contributed by atoms with van der Waals surface area (Å²) in [4.78, 5) is 17.2. The Labute approximate surface area is 155 Å². The third-order valence-electron chi connectivity index (χ3n) is 3.68. The van der Waals surface area contributed by atoms with Crippen LogP contribution in [0.3, 0.4) is 0 Å². The van der Waals surface area contributed by atoms with Gasteiger partial charge in [-0.25, -0.2) is 15.0 Å². The molecule has 0 aliphatic rings. The molecule has 0 radical (unpaired) electrons. The summed E-state index contributed by atoms with van der Waals surface area (Å²) in [5.74, 6) is 2.26. The molecule has 0 amide bonds. The number of hydrogen-bond donors (Lipinski definition) is 2. The molecule has 0 aliphatic carbocycles. The molecule has 7 heteroatoms. The van der Waals surface area contributed by atoms with Crippen LogP contribution in [0.1, 0.15) is 5.82 Å². The van der Waals surface area contributed by atoms with E-state index >= 15 is 0 Å². The predicted molar refractivity (Wildman–Crippen MR) is 103 cm³/mol. The van der Waals surface area contributed by atoms with Crippen molar-refractivity contribution in [1.82, 2.24) is 19.9 Å². The Hall–Kier alpha value is -3.19. The second-order valence-corrected chi connectivity index (χ2v) is 6.48. The first-order valence-corrected chi connectivity index (χ1v) is 9.10. The average Bonchev–Trinajstić information content (AvgIpc) is 3.37. The van der Waals surface area contributed by atoms with E-state index in [4.69, 9.17) is 4.74 Å². The van der Waals surface area contributed by atoms with Crippen LogP contribution >= 0.6 is 11.3 Å². The SMILES string of the molecule is c1cc(Nc2nccc(-c3cccs3)n2)cc(OCCc2ncc[nH]2)c1. The van der Waals surface area contributed by atoms with Gasteiger partial charge in [0.05, 0.1) is 17.2 Å². The summed E-state index contributed by atoms with van der Waals surface area (Å²) in [6, 6.07) is 13.7. The molecule has 0 unspecified atom stereocenters. The first-order valence-electron chi connectivity index (χ1n) is 8.22. The van der Waals surface area contributed by atoms with Crippen LogP contribution in [0.5, 0.6) is 5.75 Å². The van der Waals surface area contributed by atoms with Gasteiger partial charge in [0.1, 0.15) is 11.6 Å². The molecule has 0 spiro atoms. The quantitative estimate of drug-likeness (QED) is 0.512. The van der Waals surface area contributed by atoms with Crippen molar-refractivity contribution in [2.24, 2.45) is 0 Å². The number of anilines is 2. The van der Waals surface area contributed by atoms with Crippen LogP contribution < -0.4 is 10.1 Å². The van der Waals surface area contributed by atoms with Crippen molar-refractivity contribution >= 4 is 23.0 Å². The lowest BCUT2D eigenvalue weighted by atomic mass is 10.3. The van der Waals surface area contributed by atoms with Gasteiger partial charge in [-0.05, 0) is 29.6 Å². The van der Waals surface area contributed by atoms with Crippen LogP contribution in [-0.4, -0.2) is 26.5 Å². The van der Waals surface area contributed by atoms with E-state index in [0.29, 0.717) is 12.6 Å². The summed E-state index contributed by atoms with van der Waals surface area (Å²) in [5, 5.41) is 5.27. The van der Waals surface area contributed by atoms with Crippen molar-refractivity contribution in [2.75, 3.05) is 11.9 Å². The van der Waals surface area contributed by atoms with Crippen molar-refractivity contribution in [1.29, 1.82) is 0 Å². The third-order valence-corrected chi connectivity index (χ3v) is 4.57. The fourth-order valence-electron chi connectivity index (χ4n) is 2.47. The van der Waals surface area contributed by atoms with Crippen LogP contribution in [0.4, 0.5) is 11.6 Å². The van der Waals surface area contributed by atoms with Crippen molar-refractivity contribution in [3.63, 3.8) is 0 Å². The predicted octanol–water partition coefficient (Wildman–Crippen LogP) is 4.29. The van der Waals surface area contributed by atoms with E-state index in [1.165, 1.54) is 0 Å². The molecule has 4 aromatic rings. The third kappa shape index (κ3) is 4.07. The van der Waals surface area contributed by atoms with E-state index < -0.39 is 0 Å². The van der Waals surface area contributed by atoms with Crippen LogP contribution in [0.25, 0.3) is 10.6 Å². The van der Waals surface area contributed by atoms with Crippen LogP contribution in [0, 0.1) is 0 Å². The number of hydrogen-bond acceptors (Lipinski definition) is 6. The lowest BCUT2D eigenvalue weighted by Crippen LogP contribution is -2.03. The van der Waals surface area contributed by atoms with Crippen LogP contribution in [0.15, 0.2) is 66.4 Å². The smallest absolute Gasteiger partial charge is 0.227 e. The Kier molecular flexibility index (Phi) is 4.88. The molecule has 0 fully saturated rings. The number of benzene rings is 1. The van der Waals surface area contributed by atoms with Crippen LogP contribution in [-0.2, 0) is 6.42 Å². The maximum absolute atomic E-state index is 5.80. The van der Waals surface area contributed by atoms with Gasteiger partial charge in [-0.1, -0.05) is 12.1 Å². The molecule has 0 aliphatic heterocycles. The number of aromatic nitrogens is 4. The van der Waals surface area contributed by atoms with Gasteiger partial charge in [-0.2, -0.15) is 0 Å². The number of thiophene rings is 1. The fraction of sp³-hybridized carbons (Fsp3) is 0.105. The molecule has 0 saturated heterocycles. The van der Waals surface area contributed by atoms with Gasteiger partial charge in [0, 0.05) is 36.8 Å². The zero-order chi connectivity index (χ0) is 17.6. The first kappa shape index (κ1) is 16.3. The molecule has 0 bridgehead atoms. The summed E-state index contributed by atoms with van der Waals surface area (Å²) in [5.41, 5.74) is 1.78. The Morgan fingerprint density at radius 1 is 1.08 bits per heavy atom. The summed E-state index contributed by atoms with van der Waals surface area (Å²) in [7, 11) is 0. The second-order valence-electron chi connectivity index (χ2n) is 5.53. The monoisotopic (exact) mass is 363 g/mol. The van der Waals surface area contributed by atoms with Gasteiger partial charge in [-0.15, -0.1) is 11.3 Å². The van der Waals surface area contributed by atoms with Crippen molar-refractivity contribution in [3.8, 4) is 16.3 Å². The van der Waals surface area contributed by atoms with Gasteiger partial charge in [0.15, 0.2) is 0 Å². The van der Waals surface area contributed by atoms with Gasteiger partial charge in [0.25, 0.3) is 0 Å². The van der Waals surface area contributed by atoms with Crippen LogP contribution in [0.2, 0.25) is 0 Å². The Bertz CT molecular complexity index is 954. The topological polar surface area (TPSA) is 75.7 Å². The summed E-state index contributed by atoms with van der Waals surface area (Å²) >= 11 is 1.66. The number of ether oxygens (including phenoxy) is 1. The highest BCUT2D eigenvalue weighted by Gasteiger charge is 2.05. The standard InChI is InChI=1S/C19H17N5OS/c1-3-14(13-15(4-1)25-11-7-18-20-9-10-21-18)23-19-22-8-6-16(24-19)17-5-2-12-26-17/h1-6,8-10,12-13H,7,11H2,(H,20,21)(H,22,23,24). The summed E-state index contributed by atoms with van der Waals surface area (Å²) in [6.45, 7) is 0.557. The number of H-pyrrole nitrogens is 1. The van der Waals surface area contributed by atoms with E-state index in [1.54, 1.807) is 23.7 Å². The normalized spacial score (nSPS) is 10.6. The summed E-state index contributed by atoms with van der Waals surface area (Å²) < 4.78 is 5.80. The Balaban J connectivity index is 1.41. The maximum atomic E-state index is 5.80. The van der Waals surface area contributed by atoms with Crippen molar-refractivity contribution < 1.29 is 4.74 Å². The van der Waals surface area contributed by atoms with E-state index in [0.717, 1.165) is 34.3 Å². The number of rotatable bonds is 7. The molecule has 26 heavy (non-hydrogen) atoms. The van der Waals surface area contributed by atoms with Gasteiger partial charge < -0.3 is 15.0 Å². The van der Waals surface area contributed by atoms with Gasteiger partial charge >= 0.3 is 0 Å². The molecule has 3 heterocycles. The molecule has 0 atom stereocenters. The molecule has 4 rings (SSSR count). The second kappa shape index (κ2) is 7.79. The Morgan fingerprint density at radius 2 is 2.08 bits per heavy atom. The molecular weight excluding hydrogens is 346 g/mol. The lowest BCUT2D eigenvalue weighted by Gasteiger charge is -2.09. The van der Waals surface area contributed by atoms with Crippen molar-refractivity contribution in [3.05, 3.63) is 72.3 Å². The van der Waals surface area contributed by atoms with E-state index in [2.05, 4.69) is 25.3 Å². The number of imidazole rings is 1. The largest absolute Gasteiger partial charge is 0.493 e. The Morgan fingerprint density at radius 3 is 2.92 bits per heavy atom. The zero-order valence-corrected chi connectivity index (χ0v) is 14.7. The van der Waals surface area contributed by atoms with Gasteiger partial charge in [-0.3, -0.25) is 0 Å². The molecular formula is C19H17N5OS. The maximum Gasteiger partial charge on any atom is 0.227 e. The highest BCUT2D eigenvalue weighted by atomic mass is 32.1.